The van der Waals surface area contributed by atoms with Crippen molar-refractivity contribution >= 4 is 29.3 Å². The van der Waals surface area contributed by atoms with Gasteiger partial charge in [-0.25, -0.2) is 0 Å². The number of halogens is 2. The van der Waals surface area contributed by atoms with E-state index in [2.05, 4.69) is 26.0 Å². The van der Waals surface area contributed by atoms with Gasteiger partial charge in [-0.3, -0.25) is 0 Å². The minimum absolute atomic E-state index is 0. The van der Waals surface area contributed by atoms with E-state index < -0.39 is 4.33 Å². The van der Waals surface area contributed by atoms with Crippen molar-refractivity contribution in [2.45, 2.75) is 31.0 Å². The third kappa shape index (κ3) is 2.13. The van der Waals surface area contributed by atoms with E-state index in [1.807, 2.05) is 19.1 Å². The fourth-order valence-corrected chi connectivity index (χ4v) is 2.48. The van der Waals surface area contributed by atoms with E-state index in [9.17, 15) is 0 Å². The third-order valence-corrected chi connectivity index (χ3v) is 3.96. The first-order chi connectivity index (χ1) is 6.94. The molecule has 1 aliphatic rings. The van der Waals surface area contributed by atoms with Crippen LogP contribution >= 0.6 is 23.2 Å². The molecule has 0 amide bonds. The molecule has 0 saturated heterocycles. The van der Waals surface area contributed by atoms with Gasteiger partial charge >= 0.3 is 0 Å². The van der Waals surface area contributed by atoms with Crippen molar-refractivity contribution in [3.63, 3.8) is 0 Å². The first kappa shape index (κ1) is 14.3. The number of allylic oxidation sites excluding steroid dienone is 1. The van der Waals surface area contributed by atoms with E-state index in [1.165, 1.54) is 11.1 Å². The zero-order chi connectivity index (χ0) is 11.2. The molecule has 0 unspecified atom stereocenters. The molecule has 1 aromatic rings. The molecule has 0 aromatic heterocycles. The Bertz CT molecular complexity index is 434. The third-order valence-electron chi connectivity index (χ3n) is 2.96. The summed E-state index contributed by atoms with van der Waals surface area (Å²) >= 11 is 12.6. The Labute approximate surface area is 122 Å². The zero-order valence-corrected chi connectivity index (χ0v) is 12.7. The number of benzene rings is 1. The van der Waals surface area contributed by atoms with Crippen LogP contribution in [0.1, 0.15) is 43.4 Å². The molecule has 0 bridgehead atoms. The molecule has 0 radical (unpaired) electrons. The molecular formula is C13H14Cl2Ti. The first-order valence-electron chi connectivity index (χ1n) is 5.14. The van der Waals surface area contributed by atoms with Gasteiger partial charge in [0.25, 0.3) is 0 Å². The van der Waals surface area contributed by atoms with E-state index in [4.69, 9.17) is 23.2 Å². The number of hydrogen-bond acceptors (Lipinski definition) is 0. The Balaban J connectivity index is 0.00000128. The van der Waals surface area contributed by atoms with Crippen LogP contribution in [0.3, 0.4) is 0 Å². The minimum atomic E-state index is -0.833. The van der Waals surface area contributed by atoms with Crippen LogP contribution in [0.5, 0.6) is 0 Å². The van der Waals surface area contributed by atoms with Crippen LogP contribution in [0.2, 0.25) is 0 Å². The van der Waals surface area contributed by atoms with Crippen LogP contribution in [0, 0.1) is 0 Å². The van der Waals surface area contributed by atoms with Gasteiger partial charge in [-0.15, -0.1) is 0 Å². The predicted molar refractivity (Wildman–Crippen MR) is 67.6 cm³/mol. The molecule has 0 saturated carbocycles. The Morgan fingerprint density at radius 2 is 1.81 bits per heavy atom. The van der Waals surface area contributed by atoms with Gasteiger partial charge in [-0.1, -0.05) is 61.3 Å². The quantitative estimate of drug-likeness (QED) is 0.512. The smallest absolute Gasteiger partial charge is 0.0913 e. The molecule has 0 nitrogen and oxygen atoms in total. The van der Waals surface area contributed by atoms with Gasteiger partial charge in [0.2, 0.25) is 0 Å². The van der Waals surface area contributed by atoms with Crippen molar-refractivity contribution in [2.75, 3.05) is 0 Å². The maximum Gasteiger partial charge on any atom is 0.164 e. The van der Waals surface area contributed by atoms with Crippen molar-refractivity contribution < 1.29 is 21.7 Å². The molecule has 1 aromatic carbocycles. The zero-order valence-electron chi connectivity index (χ0n) is 9.64. The first-order valence-corrected chi connectivity index (χ1v) is 5.90. The summed E-state index contributed by atoms with van der Waals surface area (Å²) in [6.07, 6.45) is 2.10. The molecule has 0 N–H and O–H groups in total. The summed E-state index contributed by atoms with van der Waals surface area (Å²) in [6, 6.07) is 6.18. The fraction of sp³-hybridized carbons (Fsp3) is 0.385. The van der Waals surface area contributed by atoms with Crippen molar-refractivity contribution in [3.8, 4) is 0 Å². The fourth-order valence-electron chi connectivity index (χ4n) is 2.04. The van der Waals surface area contributed by atoms with E-state index in [0.717, 1.165) is 11.1 Å². The molecule has 0 atom stereocenters. The van der Waals surface area contributed by atoms with Gasteiger partial charge in [0, 0.05) is 21.7 Å². The molecule has 0 spiro atoms. The largest absolute Gasteiger partial charge is 0.164 e. The standard InChI is InChI=1S/C13H14Cl2.Ti/c1-8(2)10-5-4-6-12-11(10)7-9(3)13(12,14)15;/h4-8H,1-3H3;. The normalized spacial score (nSPS) is 16.8. The second-order valence-electron chi connectivity index (χ2n) is 4.36. The van der Waals surface area contributed by atoms with Crippen molar-refractivity contribution in [1.29, 1.82) is 0 Å². The van der Waals surface area contributed by atoms with Crippen LogP contribution in [0.15, 0.2) is 23.8 Å². The number of fused-ring (bicyclic) bond motifs is 1. The van der Waals surface area contributed by atoms with Crippen molar-refractivity contribution in [3.05, 3.63) is 40.5 Å². The SMILES string of the molecule is CC1=Cc2c(C(C)C)cccc2C1(Cl)Cl.[Ti]. The molecule has 0 fully saturated rings. The van der Waals surface area contributed by atoms with Crippen LogP contribution < -0.4 is 0 Å². The molecular weight excluding hydrogens is 275 g/mol. The molecule has 3 heteroatoms. The summed E-state index contributed by atoms with van der Waals surface area (Å²) < 4.78 is -0.833. The van der Waals surface area contributed by atoms with Crippen LogP contribution in [-0.4, -0.2) is 0 Å². The van der Waals surface area contributed by atoms with Gasteiger partial charge in [-0.2, -0.15) is 0 Å². The Morgan fingerprint density at radius 3 is 2.38 bits per heavy atom. The maximum absolute atomic E-state index is 6.32. The van der Waals surface area contributed by atoms with E-state index >= 15 is 0 Å². The van der Waals surface area contributed by atoms with Crippen LogP contribution in [-0.2, 0) is 26.1 Å². The molecule has 1 aliphatic carbocycles. The summed E-state index contributed by atoms with van der Waals surface area (Å²) in [4.78, 5) is 0. The monoisotopic (exact) mass is 288 g/mol. The van der Waals surface area contributed by atoms with E-state index in [-0.39, 0.29) is 21.7 Å². The predicted octanol–water partition coefficient (Wildman–Crippen LogP) is 4.85. The Hall–Kier alpha value is 0.254. The summed E-state index contributed by atoms with van der Waals surface area (Å²) in [6.45, 7) is 6.34. The summed E-state index contributed by atoms with van der Waals surface area (Å²) in [5.74, 6) is 0.492. The van der Waals surface area contributed by atoms with E-state index in [0.29, 0.717) is 5.92 Å². The van der Waals surface area contributed by atoms with Crippen molar-refractivity contribution in [2.24, 2.45) is 0 Å². The summed E-state index contributed by atoms with van der Waals surface area (Å²) in [5.41, 5.74) is 4.55. The average Bonchev–Trinajstić information content (AvgIpc) is 2.38. The molecule has 2 rings (SSSR count). The molecule has 0 aliphatic heterocycles. The van der Waals surface area contributed by atoms with Gasteiger partial charge in [0.05, 0.1) is 0 Å². The molecule has 0 heterocycles. The van der Waals surface area contributed by atoms with Crippen LogP contribution in [0.25, 0.3) is 6.08 Å². The molecule has 16 heavy (non-hydrogen) atoms. The van der Waals surface area contributed by atoms with Gasteiger partial charge < -0.3 is 0 Å². The number of rotatable bonds is 1. The second-order valence-corrected chi connectivity index (χ2v) is 5.69. The van der Waals surface area contributed by atoms with Crippen molar-refractivity contribution in [1.82, 2.24) is 0 Å². The minimum Gasteiger partial charge on any atom is -0.0913 e. The van der Waals surface area contributed by atoms with Crippen LogP contribution in [0.4, 0.5) is 0 Å². The topological polar surface area (TPSA) is 0 Å². The average molecular weight is 289 g/mol. The number of alkyl halides is 2. The summed E-state index contributed by atoms with van der Waals surface area (Å²) in [5, 5.41) is 0. The second kappa shape index (κ2) is 4.86. The van der Waals surface area contributed by atoms with Gasteiger partial charge in [0.15, 0.2) is 4.33 Å². The molecule has 84 valence electrons. The van der Waals surface area contributed by atoms with E-state index in [1.54, 1.807) is 0 Å². The van der Waals surface area contributed by atoms with Gasteiger partial charge in [-0.05, 0) is 35.1 Å². The van der Waals surface area contributed by atoms with Gasteiger partial charge in [0.1, 0.15) is 0 Å². The Kier molecular flexibility index (Phi) is 4.35. The summed E-state index contributed by atoms with van der Waals surface area (Å²) in [7, 11) is 0. The maximum atomic E-state index is 6.32. The Morgan fingerprint density at radius 1 is 1.19 bits per heavy atom. The number of hydrogen-bond donors (Lipinski definition) is 0.